The quantitative estimate of drug-likeness (QED) is 0.0302. The smallest absolute Gasteiger partial charge is 0.120 e. The van der Waals surface area contributed by atoms with E-state index in [2.05, 4.69) is 67.4 Å². The molecule has 0 radical (unpaired) electrons. The lowest BCUT2D eigenvalue weighted by atomic mass is 10.0. The number of aldehydes is 1. The van der Waals surface area contributed by atoms with E-state index in [-0.39, 0.29) is 0 Å². The molecule has 0 amide bonds. The van der Waals surface area contributed by atoms with Gasteiger partial charge in [-0.2, -0.15) is 0 Å². The Morgan fingerprint density at radius 3 is 1.33 bits per heavy atom. The number of unbranched alkanes of at least 4 members (excludes halogenated alkanes) is 19. The van der Waals surface area contributed by atoms with Crippen LogP contribution < -0.4 is 0 Å². The maximum Gasteiger partial charge on any atom is 0.120 e. The molecular formula is C43H81NO2. The summed E-state index contributed by atoms with van der Waals surface area (Å²) in [5.74, 6) is 0. The van der Waals surface area contributed by atoms with E-state index in [4.69, 9.17) is 4.74 Å². The van der Waals surface area contributed by atoms with Gasteiger partial charge in [-0.3, -0.25) is 0 Å². The molecule has 0 bridgehead atoms. The van der Waals surface area contributed by atoms with Crippen LogP contribution in [-0.2, 0) is 9.53 Å². The van der Waals surface area contributed by atoms with Gasteiger partial charge in [0.1, 0.15) is 6.29 Å². The number of nitrogens with zero attached hydrogens (tertiary/aromatic N) is 1. The van der Waals surface area contributed by atoms with E-state index in [1.165, 1.54) is 154 Å². The third kappa shape index (κ3) is 44.7. The maximum absolute atomic E-state index is 9.77. The molecule has 0 spiro atoms. The number of hydrogen-bond donors (Lipinski definition) is 0. The summed E-state index contributed by atoms with van der Waals surface area (Å²) >= 11 is 0. The van der Waals surface area contributed by atoms with Crippen LogP contribution in [0.3, 0.4) is 0 Å². The standard InChI is InChI=1S/C37H68O.C6H13NO/c1-4-6-8-10-12-14-16-18-20-22-24-26-28-30-32-34-36-37(38-3)35-33-31-29-27-25-23-21-19-17-15-13-11-9-7-5-2;1-7(2)5-3-4-6-8/h12-15,17-20,37H,4-11,16,21-36H2,1-3H3;6H,3-5H2,1-2H3/b14-12+,15-13-,19-17+,20-18+;. The molecule has 1 atom stereocenters. The highest BCUT2D eigenvalue weighted by Crippen LogP contribution is 2.17. The van der Waals surface area contributed by atoms with E-state index in [1.807, 2.05) is 21.2 Å². The van der Waals surface area contributed by atoms with Gasteiger partial charge in [-0.15, -0.1) is 0 Å². The van der Waals surface area contributed by atoms with E-state index < -0.39 is 0 Å². The highest BCUT2D eigenvalue weighted by Gasteiger charge is 2.06. The van der Waals surface area contributed by atoms with Crippen molar-refractivity contribution in [1.29, 1.82) is 0 Å². The van der Waals surface area contributed by atoms with E-state index in [0.29, 0.717) is 12.5 Å². The molecule has 0 aromatic rings. The average Bonchev–Trinajstić information content (AvgIpc) is 3.05. The SMILES string of the molecule is CCCCC/C=C\C=C\CCCCCCCCC(CCCCCCCC/C=C/C/C=C/CCCCC)OC.CN(C)CCCC=O. The van der Waals surface area contributed by atoms with Crippen LogP contribution in [0.25, 0.3) is 0 Å². The van der Waals surface area contributed by atoms with Gasteiger partial charge < -0.3 is 14.4 Å². The van der Waals surface area contributed by atoms with E-state index in [9.17, 15) is 4.79 Å². The summed E-state index contributed by atoms with van der Waals surface area (Å²) in [6, 6.07) is 0. The van der Waals surface area contributed by atoms with E-state index >= 15 is 0 Å². The molecule has 1 unspecified atom stereocenters. The van der Waals surface area contributed by atoms with Crippen molar-refractivity contribution in [3.8, 4) is 0 Å². The van der Waals surface area contributed by atoms with Gasteiger partial charge in [-0.1, -0.05) is 152 Å². The van der Waals surface area contributed by atoms with E-state index in [0.717, 1.165) is 25.7 Å². The Morgan fingerprint density at radius 2 is 0.913 bits per heavy atom. The summed E-state index contributed by atoms with van der Waals surface area (Å²) in [6.45, 7) is 5.54. The molecule has 0 rings (SSSR count). The van der Waals surface area contributed by atoms with Gasteiger partial charge in [-0.25, -0.2) is 0 Å². The summed E-state index contributed by atoms with van der Waals surface area (Å²) in [4.78, 5) is 11.8. The summed E-state index contributed by atoms with van der Waals surface area (Å²) in [6.07, 6.45) is 54.8. The number of carbonyl (C=O) groups is 1. The molecule has 0 aromatic heterocycles. The molecule has 0 aliphatic heterocycles. The van der Waals surface area contributed by atoms with E-state index in [1.54, 1.807) is 0 Å². The zero-order valence-corrected chi connectivity index (χ0v) is 31.8. The second-order valence-corrected chi connectivity index (χ2v) is 13.4. The molecule has 0 fully saturated rings. The normalized spacial score (nSPS) is 12.7. The maximum atomic E-state index is 9.77. The molecular weight excluding hydrogens is 562 g/mol. The molecule has 0 saturated heterocycles. The highest BCUT2D eigenvalue weighted by atomic mass is 16.5. The Morgan fingerprint density at radius 1 is 0.500 bits per heavy atom. The van der Waals surface area contributed by atoms with Crippen LogP contribution >= 0.6 is 0 Å². The molecule has 0 heterocycles. The van der Waals surface area contributed by atoms with Gasteiger partial charge in [0.25, 0.3) is 0 Å². The predicted molar refractivity (Wildman–Crippen MR) is 208 cm³/mol. The number of carbonyl (C=O) groups excluding carboxylic acids is 1. The summed E-state index contributed by atoms with van der Waals surface area (Å²) < 4.78 is 5.77. The zero-order valence-electron chi connectivity index (χ0n) is 31.8. The van der Waals surface area contributed by atoms with Crippen LogP contribution in [0.1, 0.15) is 187 Å². The summed E-state index contributed by atoms with van der Waals surface area (Å²) in [5, 5.41) is 0. The van der Waals surface area contributed by atoms with Crippen molar-refractivity contribution in [2.75, 3.05) is 27.7 Å². The first kappa shape index (κ1) is 46.7. The van der Waals surface area contributed by atoms with Gasteiger partial charge in [0.2, 0.25) is 0 Å². The second kappa shape index (κ2) is 43.5. The van der Waals surface area contributed by atoms with Crippen molar-refractivity contribution >= 4 is 6.29 Å². The Bertz CT molecular complexity index is 678. The minimum absolute atomic E-state index is 0.487. The third-order valence-corrected chi connectivity index (χ3v) is 8.49. The molecule has 0 aromatic carbocycles. The van der Waals surface area contributed by atoms with Crippen molar-refractivity contribution in [1.82, 2.24) is 4.90 Å². The van der Waals surface area contributed by atoms with Gasteiger partial charge in [0.05, 0.1) is 6.10 Å². The molecule has 46 heavy (non-hydrogen) atoms. The van der Waals surface area contributed by atoms with Gasteiger partial charge >= 0.3 is 0 Å². The number of rotatable bonds is 34. The van der Waals surface area contributed by atoms with Crippen LogP contribution in [-0.4, -0.2) is 45.0 Å². The Hall–Kier alpha value is -1.45. The highest BCUT2D eigenvalue weighted by molar-refractivity contribution is 5.48. The van der Waals surface area contributed by atoms with Crippen LogP contribution in [0.5, 0.6) is 0 Å². The minimum atomic E-state index is 0.487. The molecule has 0 saturated carbocycles. The van der Waals surface area contributed by atoms with Gasteiger partial charge in [0, 0.05) is 13.5 Å². The van der Waals surface area contributed by atoms with Crippen LogP contribution in [0, 0.1) is 0 Å². The lowest BCUT2D eigenvalue weighted by Crippen LogP contribution is -2.12. The van der Waals surface area contributed by atoms with Gasteiger partial charge in [-0.05, 0) is 97.7 Å². The average molecular weight is 644 g/mol. The predicted octanol–water partition coefficient (Wildman–Crippen LogP) is 13.5. The first-order valence-electron chi connectivity index (χ1n) is 19.8. The Balaban J connectivity index is 0. The lowest BCUT2D eigenvalue weighted by molar-refractivity contribution is -0.107. The minimum Gasteiger partial charge on any atom is -0.381 e. The first-order valence-corrected chi connectivity index (χ1v) is 19.8. The molecule has 3 nitrogen and oxygen atoms in total. The fourth-order valence-electron chi connectivity index (χ4n) is 5.43. The number of hydrogen-bond acceptors (Lipinski definition) is 3. The third-order valence-electron chi connectivity index (χ3n) is 8.49. The summed E-state index contributed by atoms with van der Waals surface area (Å²) in [5.41, 5.74) is 0. The van der Waals surface area contributed by atoms with Crippen LogP contribution in [0.4, 0.5) is 0 Å². The Labute approximate surface area is 289 Å². The fourth-order valence-corrected chi connectivity index (χ4v) is 5.43. The van der Waals surface area contributed by atoms with Crippen molar-refractivity contribution < 1.29 is 9.53 Å². The Kier molecular flexibility index (Phi) is 44.2. The van der Waals surface area contributed by atoms with Crippen molar-refractivity contribution in [2.45, 2.75) is 193 Å². The molecule has 0 aliphatic rings. The van der Waals surface area contributed by atoms with Crippen molar-refractivity contribution in [3.63, 3.8) is 0 Å². The second-order valence-electron chi connectivity index (χ2n) is 13.4. The molecule has 270 valence electrons. The molecule has 3 heteroatoms. The number of methoxy groups -OCH3 is 1. The molecule has 0 N–H and O–H groups in total. The largest absolute Gasteiger partial charge is 0.381 e. The van der Waals surface area contributed by atoms with Crippen LogP contribution in [0.15, 0.2) is 48.6 Å². The fraction of sp³-hybridized carbons (Fsp3) is 0.791. The number of ether oxygens (including phenoxy) is 1. The zero-order chi connectivity index (χ0) is 34.0. The molecule has 0 aliphatic carbocycles. The summed E-state index contributed by atoms with van der Waals surface area (Å²) in [7, 11) is 5.92. The number of allylic oxidation sites excluding steroid dienone is 8. The monoisotopic (exact) mass is 644 g/mol. The van der Waals surface area contributed by atoms with Crippen molar-refractivity contribution in [3.05, 3.63) is 48.6 Å². The topological polar surface area (TPSA) is 29.5 Å². The lowest BCUT2D eigenvalue weighted by Gasteiger charge is -2.15. The van der Waals surface area contributed by atoms with Crippen LogP contribution in [0.2, 0.25) is 0 Å². The van der Waals surface area contributed by atoms with Crippen molar-refractivity contribution in [2.24, 2.45) is 0 Å². The van der Waals surface area contributed by atoms with Gasteiger partial charge in [0.15, 0.2) is 0 Å². The first-order chi connectivity index (χ1) is 22.6.